The van der Waals surface area contributed by atoms with E-state index in [1.165, 1.54) is 23.9 Å². The molecular formula is C18H15BrFN5OS. The number of rotatable bonds is 7. The van der Waals surface area contributed by atoms with E-state index in [1.807, 2.05) is 16.7 Å². The van der Waals surface area contributed by atoms with E-state index in [0.29, 0.717) is 22.0 Å². The van der Waals surface area contributed by atoms with Crippen molar-refractivity contribution in [2.24, 2.45) is 0 Å². The zero-order chi connectivity index (χ0) is 19.2. The Kier molecular flexibility index (Phi) is 6.36. The number of benzene rings is 1. The van der Waals surface area contributed by atoms with Crippen molar-refractivity contribution in [2.45, 2.75) is 11.7 Å². The summed E-state index contributed by atoms with van der Waals surface area (Å²) in [5.41, 5.74) is 0.951. The predicted molar refractivity (Wildman–Crippen MR) is 107 cm³/mol. The first kappa shape index (κ1) is 19.2. The summed E-state index contributed by atoms with van der Waals surface area (Å²) >= 11 is 4.40. The molecule has 9 heteroatoms. The third-order valence-corrected chi connectivity index (χ3v) is 4.95. The highest BCUT2D eigenvalue weighted by Crippen LogP contribution is 2.24. The summed E-state index contributed by atoms with van der Waals surface area (Å²) < 4.78 is 16.3. The maximum absolute atomic E-state index is 13.8. The summed E-state index contributed by atoms with van der Waals surface area (Å²) in [5.74, 6) is -0.128. The highest BCUT2D eigenvalue weighted by molar-refractivity contribution is 9.10. The quantitative estimate of drug-likeness (QED) is 0.434. The van der Waals surface area contributed by atoms with E-state index < -0.39 is 5.82 Å². The van der Waals surface area contributed by atoms with E-state index in [4.69, 9.17) is 0 Å². The average molecular weight is 448 g/mol. The molecule has 2 heterocycles. The molecule has 0 atom stereocenters. The number of pyridine rings is 1. The number of hydrogen-bond donors (Lipinski definition) is 1. The Morgan fingerprint density at radius 3 is 2.93 bits per heavy atom. The van der Waals surface area contributed by atoms with Crippen LogP contribution in [0.5, 0.6) is 0 Å². The Morgan fingerprint density at radius 2 is 2.22 bits per heavy atom. The molecule has 0 aliphatic carbocycles. The molecule has 0 fully saturated rings. The molecule has 1 N–H and O–H groups in total. The lowest BCUT2D eigenvalue weighted by molar-refractivity contribution is -0.113. The first-order valence-electron chi connectivity index (χ1n) is 7.90. The second-order valence-electron chi connectivity index (χ2n) is 5.41. The van der Waals surface area contributed by atoms with Crippen molar-refractivity contribution in [1.29, 1.82) is 0 Å². The molecule has 2 aromatic heterocycles. The number of aromatic nitrogens is 4. The molecule has 0 saturated carbocycles. The summed E-state index contributed by atoms with van der Waals surface area (Å²) in [6.45, 7) is 4.24. The number of thioether (sulfide) groups is 1. The van der Waals surface area contributed by atoms with Gasteiger partial charge in [0.15, 0.2) is 11.0 Å². The highest BCUT2D eigenvalue weighted by atomic mass is 79.9. The summed E-state index contributed by atoms with van der Waals surface area (Å²) in [7, 11) is 0. The van der Waals surface area contributed by atoms with Crippen molar-refractivity contribution >= 4 is 39.3 Å². The van der Waals surface area contributed by atoms with Gasteiger partial charge in [0.2, 0.25) is 5.91 Å². The topological polar surface area (TPSA) is 72.7 Å². The van der Waals surface area contributed by atoms with Crippen LogP contribution >= 0.6 is 27.7 Å². The first-order valence-corrected chi connectivity index (χ1v) is 9.68. The van der Waals surface area contributed by atoms with Gasteiger partial charge in [-0.25, -0.2) is 4.39 Å². The largest absolute Gasteiger partial charge is 0.323 e. The van der Waals surface area contributed by atoms with Crippen LogP contribution in [0.2, 0.25) is 0 Å². The number of carbonyl (C=O) groups excluding carboxylic acids is 1. The molecule has 3 rings (SSSR count). The maximum atomic E-state index is 13.8. The van der Waals surface area contributed by atoms with Crippen molar-refractivity contribution in [2.75, 3.05) is 11.1 Å². The Morgan fingerprint density at radius 1 is 1.37 bits per heavy atom. The van der Waals surface area contributed by atoms with Gasteiger partial charge in [0.05, 0.1) is 11.4 Å². The molecule has 0 saturated heterocycles. The zero-order valence-electron chi connectivity index (χ0n) is 14.1. The minimum atomic E-state index is -0.503. The van der Waals surface area contributed by atoms with Gasteiger partial charge in [-0.15, -0.1) is 16.8 Å². The van der Waals surface area contributed by atoms with E-state index in [9.17, 15) is 9.18 Å². The SMILES string of the molecule is C=CCn1c(SCC(=O)Nc2ccc(Br)cc2F)nnc1-c1cccnc1. The van der Waals surface area contributed by atoms with E-state index in [0.717, 1.165) is 5.56 Å². The molecule has 1 aromatic carbocycles. The van der Waals surface area contributed by atoms with Gasteiger partial charge in [0.25, 0.3) is 0 Å². The fourth-order valence-corrected chi connectivity index (χ4v) is 3.39. The van der Waals surface area contributed by atoms with Gasteiger partial charge in [0, 0.05) is 29.0 Å². The molecule has 6 nitrogen and oxygen atoms in total. The van der Waals surface area contributed by atoms with Crippen molar-refractivity contribution in [1.82, 2.24) is 19.7 Å². The lowest BCUT2D eigenvalue weighted by Crippen LogP contribution is -2.15. The number of carbonyl (C=O) groups is 1. The van der Waals surface area contributed by atoms with Crippen molar-refractivity contribution in [3.8, 4) is 11.4 Å². The predicted octanol–water partition coefficient (Wildman–Crippen LogP) is 4.16. The molecule has 138 valence electrons. The number of nitrogens with one attached hydrogen (secondary N) is 1. The fourth-order valence-electron chi connectivity index (χ4n) is 2.30. The lowest BCUT2D eigenvalue weighted by atomic mass is 10.3. The van der Waals surface area contributed by atoms with E-state index in [2.05, 4.69) is 43.0 Å². The van der Waals surface area contributed by atoms with Gasteiger partial charge in [-0.1, -0.05) is 33.8 Å². The molecule has 3 aromatic rings. The van der Waals surface area contributed by atoms with Gasteiger partial charge in [-0.05, 0) is 30.3 Å². The molecule has 0 unspecified atom stereocenters. The first-order chi connectivity index (χ1) is 13.1. The zero-order valence-corrected chi connectivity index (χ0v) is 16.5. The maximum Gasteiger partial charge on any atom is 0.234 e. The van der Waals surface area contributed by atoms with Crippen molar-refractivity contribution in [3.05, 3.63) is 65.7 Å². The number of allylic oxidation sites excluding steroid dienone is 1. The van der Waals surface area contributed by atoms with E-state index in [1.54, 1.807) is 24.5 Å². The average Bonchev–Trinajstić information content (AvgIpc) is 3.06. The third kappa shape index (κ3) is 4.81. The third-order valence-electron chi connectivity index (χ3n) is 3.49. The minimum absolute atomic E-state index is 0.0673. The Hall–Kier alpha value is -2.52. The van der Waals surface area contributed by atoms with E-state index in [-0.39, 0.29) is 17.3 Å². The number of anilines is 1. The number of nitrogens with zero attached hydrogens (tertiary/aromatic N) is 4. The highest BCUT2D eigenvalue weighted by Gasteiger charge is 2.15. The van der Waals surface area contributed by atoms with Crippen LogP contribution in [0.4, 0.5) is 10.1 Å². The van der Waals surface area contributed by atoms with Gasteiger partial charge < -0.3 is 5.32 Å². The van der Waals surface area contributed by atoms with Crippen LogP contribution in [0.25, 0.3) is 11.4 Å². The molecule has 0 radical (unpaired) electrons. The summed E-state index contributed by atoms with van der Waals surface area (Å²) in [6, 6.07) is 8.16. The lowest BCUT2D eigenvalue weighted by Gasteiger charge is -2.08. The molecule has 0 aliphatic heterocycles. The minimum Gasteiger partial charge on any atom is -0.323 e. The normalized spacial score (nSPS) is 10.6. The summed E-state index contributed by atoms with van der Waals surface area (Å²) in [5, 5.41) is 11.5. The van der Waals surface area contributed by atoms with Gasteiger partial charge in [-0.2, -0.15) is 0 Å². The number of amides is 1. The van der Waals surface area contributed by atoms with Crippen LogP contribution in [0.3, 0.4) is 0 Å². The van der Waals surface area contributed by atoms with Crippen molar-refractivity contribution in [3.63, 3.8) is 0 Å². The van der Waals surface area contributed by atoms with Crippen LogP contribution in [-0.4, -0.2) is 31.4 Å². The number of hydrogen-bond acceptors (Lipinski definition) is 5. The van der Waals surface area contributed by atoms with E-state index >= 15 is 0 Å². The second-order valence-corrected chi connectivity index (χ2v) is 7.27. The van der Waals surface area contributed by atoms with Crippen LogP contribution in [0.1, 0.15) is 0 Å². The molecule has 0 aliphatic rings. The molecule has 0 spiro atoms. The molecule has 1 amide bonds. The monoisotopic (exact) mass is 447 g/mol. The summed E-state index contributed by atoms with van der Waals surface area (Å²) in [4.78, 5) is 16.3. The molecule has 27 heavy (non-hydrogen) atoms. The number of halogens is 2. The van der Waals surface area contributed by atoms with Crippen LogP contribution in [-0.2, 0) is 11.3 Å². The van der Waals surface area contributed by atoms with Crippen molar-refractivity contribution < 1.29 is 9.18 Å². The Bertz CT molecular complexity index is 964. The van der Waals surface area contributed by atoms with Gasteiger partial charge >= 0.3 is 0 Å². The van der Waals surface area contributed by atoms with Crippen LogP contribution in [0.15, 0.2) is 65.0 Å². The van der Waals surface area contributed by atoms with Gasteiger partial charge in [0.1, 0.15) is 5.82 Å². The smallest absolute Gasteiger partial charge is 0.234 e. The molecular weight excluding hydrogens is 433 g/mol. The second kappa shape index (κ2) is 8.92. The fraction of sp³-hybridized carbons (Fsp3) is 0.111. The van der Waals surface area contributed by atoms with Crippen LogP contribution in [0, 0.1) is 5.82 Å². The Balaban J connectivity index is 1.71. The standard InChI is InChI=1S/C18H15BrFN5OS/c1-2-8-25-17(12-4-3-7-21-10-12)23-24-18(25)27-11-16(26)22-15-6-5-13(19)9-14(15)20/h2-7,9-10H,1,8,11H2,(H,22,26). The Labute approximate surface area is 168 Å². The molecule has 0 bridgehead atoms. The summed E-state index contributed by atoms with van der Waals surface area (Å²) in [6.07, 6.45) is 5.10. The van der Waals surface area contributed by atoms with Crippen LogP contribution < -0.4 is 5.32 Å². The van der Waals surface area contributed by atoms with Gasteiger partial charge in [-0.3, -0.25) is 14.3 Å².